The van der Waals surface area contributed by atoms with Crippen LogP contribution in [0.3, 0.4) is 0 Å². The van der Waals surface area contributed by atoms with Gasteiger partial charge in [-0.3, -0.25) is 4.79 Å². The maximum atomic E-state index is 11.5. The van der Waals surface area contributed by atoms with E-state index in [0.717, 1.165) is 11.1 Å². The van der Waals surface area contributed by atoms with E-state index in [9.17, 15) is 9.59 Å². The molecule has 0 unspecified atom stereocenters. The van der Waals surface area contributed by atoms with E-state index in [1.165, 1.54) is 12.3 Å². The maximum absolute atomic E-state index is 11.5. The van der Waals surface area contributed by atoms with E-state index >= 15 is 0 Å². The molecule has 0 atom stereocenters. The average Bonchev–Trinajstić information content (AvgIpc) is 2.98. The Morgan fingerprint density at radius 1 is 1.20 bits per heavy atom. The molecule has 1 amide bonds. The summed E-state index contributed by atoms with van der Waals surface area (Å²) in [6.45, 7) is 2.07. The average molecular weight is 273 g/mol. The van der Waals surface area contributed by atoms with Crippen LogP contribution in [-0.2, 0) is 16.1 Å². The Balaban J connectivity index is 1.73. The van der Waals surface area contributed by atoms with Gasteiger partial charge in [-0.05, 0) is 24.6 Å². The van der Waals surface area contributed by atoms with Crippen LogP contribution in [0.5, 0.6) is 0 Å². The Morgan fingerprint density at radius 3 is 2.60 bits per heavy atom. The minimum absolute atomic E-state index is 0.0799. The van der Waals surface area contributed by atoms with Crippen molar-refractivity contribution in [3.63, 3.8) is 0 Å². The van der Waals surface area contributed by atoms with Gasteiger partial charge in [0.1, 0.15) is 0 Å². The Bertz CT molecular complexity index is 572. The van der Waals surface area contributed by atoms with Crippen LogP contribution >= 0.6 is 0 Å². The van der Waals surface area contributed by atoms with Gasteiger partial charge in [0.2, 0.25) is 5.76 Å². The van der Waals surface area contributed by atoms with E-state index in [1.807, 2.05) is 31.2 Å². The normalized spacial score (nSPS) is 10.1. The minimum atomic E-state index is -0.652. The van der Waals surface area contributed by atoms with E-state index in [1.54, 1.807) is 6.07 Å². The number of amides is 1. The lowest BCUT2D eigenvalue weighted by molar-refractivity contribution is -0.124. The van der Waals surface area contributed by atoms with Crippen LogP contribution in [0.2, 0.25) is 0 Å². The highest BCUT2D eigenvalue weighted by atomic mass is 16.5. The topological polar surface area (TPSA) is 68.5 Å². The molecule has 5 heteroatoms. The van der Waals surface area contributed by atoms with Crippen LogP contribution in [0, 0.1) is 6.92 Å². The number of carbonyl (C=O) groups is 2. The number of nitrogens with one attached hydrogen (secondary N) is 1. The first-order valence-electron chi connectivity index (χ1n) is 6.18. The van der Waals surface area contributed by atoms with Gasteiger partial charge in [0, 0.05) is 6.54 Å². The van der Waals surface area contributed by atoms with Crippen molar-refractivity contribution >= 4 is 11.9 Å². The molecule has 0 radical (unpaired) electrons. The molecule has 0 saturated heterocycles. The van der Waals surface area contributed by atoms with Crippen LogP contribution in [-0.4, -0.2) is 18.5 Å². The molecule has 0 aliphatic carbocycles. The van der Waals surface area contributed by atoms with E-state index in [2.05, 4.69) is 5.32 Å². The molecule has 0 spiro atoms. The van der Waals surface area contributed by atoms with E-state index in [0.29, 0.717) is 6.54 Å². The predicted octanol–water partition coefficient (Wildman–Crippen LogP) is 2.06. The predicted molar refractivity (Wildman–Crippen MR) is 72.0 cm³/mol. The molecule has 0 fully saturated rings. The summed E-state index contributed by atoms with van der Waals surface area (Å²) in [7, 11) is 0. The Morgan fingerprint density at radius 2 is 1.95 bits per heavy atom. The second-order valence-electron chi connectivity index (χ2n) is 4.32. The van der Waals surface area contributed by atoms with Gasteiger partial charge in [0.15, 0.2) is 6.61 Å². The summed E-state index contributed by atoms with van der Waals surface area (Å²) in [5, 5.41) is 2.67. The Hall–Kier alpha value is -2.56. The van der Waals surface area contributed by atoms with Crippen LogP contribution in [0.1, 0.15) is 21.7 Å². The summed E-state index contributed by atoms with van der Waals surface area (Å²) in [5.41, 5.74) is 2.15. The molecule has 2 rings (SSSR count). The first kappa shape index (κ1) is 13.9. The molecule has 1 N–H and O–H groups in total. The molecule has 20 heavy (non-hydrogen) atoms. The van der Waals surface area contributed by atoms with Gasteiger partial charge in [-0.25, -0.2) is 4.79 Å². The fourth-order valence-corrected chi connectivity index (χ4v) is 1.55. The Labute approximate surface area is 116 Å². The number of ether oxygens (including phenoxy) is 1. The molecule has 1 aromatic heterocycles. The lowest BCUT2D eigenvalue weighted by Crippen LogP contribution is -2.28. The highest BCUT2D eigenvalue weighted by Gasteiger charge is 2.12. The highest BCUT2D eigenvalue weighted by Crippen LogP contribution is 2.03. The number of hydrogen-bond donors (Lipinski definition) is 1. The highest BCUT2D eigenvalue weighted by molar-refractivity contribution is 5.88. The molecule has 1 heterocycles. The van der Waals surface area contributed by atoms with Crippen molar-refractivity contribution in [3.8, 4) is 0 Å². The van der Waals surface area contributed by atoms with Crippen LogP contribution in [0.25, 0.3) is 0 Å². The summed E-state index contributed by atoms with van der Waals surface area (Å²) in [6.07, 6.45) is 1.37. The first-order chi connectivity index (χ1) is 9.65. The number of rotatable bonds is 5. The zero-order valence-electron chi connectivity index (χ0n) is 11.1. The standard InChI is InChI=1S/C15H15NO4/c1-11-4-6-12(7-5-11)9-16-14(17)10-20-15(18)13-3-2-8-19-13/h2-8H,9-10H2,1H3,(H,16,17). The molecule has 2 aromatic rings. The number of aryl methyl sites for hydroxylation is 1. The third-order valence-electron chi connectivity index (χ3n) is 2.67. The van der Waals surface area contributed by atoms with Crippen molar-refractivity contribution in [1.82, 2.24) is 5.32 Å². The number of esters is 1. The summed E-state index contributed by atoms with van der Waals surface area (Å²) >= 11 is 0. The van der Waals surface area contributed by atoms with Crippen molar-refractivity contribution in [2.75, 3.05) is 6.61 Å². The zero-order valence-corrected chi connectivity index (χ0v) is 11.1. The summed E-state index contributed by atoms with van der Waals surface area (Å²) in [5.74, 6) is -0.928. The van der Waals surface area contributed by atoms with Crippen molar-refractivity contribution in [3.05, 3.63) is 59.5 Å². The molecule has 104 valence electrons. The lowest BCUT2D eigenvalue weighted by atomic mass is 10.1. The van der Waals surface area contributed by atoms with E-state index in [4.69, 9.17) is 9.15 Å². The van der Waals surface area contributed by atoms with E-state index < -0.39 is 5.97 Å². The van der Waals surface area contributed by atoms with Gasteiger partial charge >= 0.3 is 5.97 Å². The summed E-state index contributed by atoms with van der Waals surface area (Å²) < 4.78 is 9.67. The van der Waals surface area contributed by atoms with Crippen molar-refractivity contribution in [2.24, 2.45) is 0 Å². The van der Waals surface area contributed by atoms with Crippen LogP contribution < -0.4 is 5.32 Å². The molecule has 1 aromatic carbocycles. The summed E-state index contributed by atoms with van der Waals surface area (Å²) in [6, 6.07) is 10.9. The summed E-state index contributed by atoms with van der Waals surface area (Å²) in [4.78, 5) is 23.0. The first-order valence-corrected chi connectivity index (χ1v) is 6.18. The largest absolute Gasteiger partial charge is 0.457 e. The molecule has 0 aliphatic heterocycles. The van der Waals surface area contributed by atoms with Crippen molar-refractivity contribution < 1.29 is 18.7 Å². The quantitative estimate of drug-likeness (QED) is 0.847. The minimum Gasteiger partial charge on any atom is -0.457 e. The SMILES string of the molecule is Cc1ccc(CNC(=O)COC(=O)c2ccco2)cc1. The fourth-order valence-electron chi connectivity index (χ4n) is 1.55. The molecule has 5 nitrogen and oxygen atoms in total. The zero-order chi connectivity index (χ0) is 14.4. The monoisotopic (exact) mass is 273 g/mol. The van der Waals surface area contributed by atoms with Gasteiger partial charge in [-0.2, -0.15) is 0 Å². The van der Waals surface area contributed by atoms with Gasteiger partial charge in [0.25, 0.3) is 5.91 Å². The van der Waals surface area contributed by atoms with Crippen molar-refractivity contribution in [1.29, 1.82) is 0 Å². The number of furan rings is 1. The van der Waals surface area contributed by atoms with Gasteiger partial charge in [-0.15, -0.1) is 0 Å². The second-order valence-corrected chi connectivity index (χ2v) is 4.32. The third kappa shape index (κ3) is 3.98. The van der Waals surface area contributed by atoms with E-state index in [-0.39, 0.29) is 18.3 Å². The maximum Gasteiger partial charge on any atom is 0.374 e. The van der Waals surface area contributed by atoms with Gasteiger partial charge in [0.05, 0.1) is 6.26 Å². The molecular formula is C15H15NO4. The lowest BCUT2D eigenvalue weighted by Gasteiger charge is -2.06. The smallest absolute Gasteiger partial charge is 0.374 e. The number of hydrogen-bond acceptors (Lipinski definition) is 4. The third-order valence-corrected chi connectivity index (χ3v) is 2.67. The molecule has 0 aliphatic rings. The number of carbonyl (C=O) groups excluding carboxylic acids is 2. The van der Waals surface area contributed by atoms with Crippen LogP contribution in [0.4, 0.5) is 0 Å². The molecular weight excluding hydrogens is 258 g/mol. The van der Waals surface area contributed by atoms with Crippen molar-refractivity contribution in [2.45, 2.75) is 13.5 Å². The molecule has 0 saturated carbocycles. The van der Waals surface area contributed by atoms with Gasteiger partial charge in [-0.1, -0.05) is 29.8 Å². The fraction of sp³-hybridized carbons (Fsp3) is 0.200. The molecule has 0 bridgehead atoms. The number of benzene rings is 1. The second kappa shape index (κ2) is 6.56. The van der Waals surface area contributed by atoms with Crippen LogP contribution in [0.15, 0.2) is 47.1 Å². The van der Waals surface area contributed by atoms with Gasteiger partial charge < -0.3 is 14.5 Å². The Kier molecular flexibility index (Phi) is 4.55.